The van der Waals surface area contributed by atoms with Gasteiger partial charge in [0, 0.05) is 82.8 Å². The highest BCUT2D eigenvalue weighted by atomic mass is 35.5. The average molecular weight is 1290 g/mol. The quantitative estimate of drug-likeness (QED) is 0.139. The van der Waals surface area contributed by atoms with E-state index >= 15 is 0 Å². The number of rotatable bonds is 8. The van der Waals surface area contributed by atoms with Crippen molar-refractivity contribution in [3.63, 3.8) is 0 Å². The number of halogens is 2. The molecular formula is C78H55BCl2N6O2S3. The summed E-state index contributed by atoms with van der Waals surface area (Å²) in [6.45, 7) is 8.37. The Bertz CT molecular complexity index is 5230. The minimum Gasteiger partial charge on any atom is -0.399 e. The molecule has 0 atom stereocenters. The lowest BCUT2D eigenvalue weighted by molar-refractivity contribution is 0.00578. The van der Waals surface area contributed by atoms with E-state index in [0.29, 0.717) is 23.3 Å². The van der Waals surface area contributed by atoms with Crippen molar-refractivity contribution >= 4 is 130 Å². The van der Waals surface area contributed by atoms with Crippen LogP contribution in [0.15, 0.2) is 261 Å². The maximum Gasteiger partial charge on any atom is 0.494 e. The summed E-state index contributed by atoms with van der Waals surface area (Å²) in [4.78, 5) is 26.9. The number of benzene rings is 11. The number of fused-ring (bicyclic) bond motifs is 9. The van der Waals surface area contributed by atoms with Crippen molar-refractivity contribution in [3.05, 3.63) is 271 Å². The van der Waals surface area contributed by atoms with Gasteiger partial charge < -0.3 is 9.31 Å². The third-order valence-electron chi connectivity index (χ3n) is 17.1. The predicted octanol–water partition coefficient (Wildman–Crippen LogP) is 21.8. The molecular weight excluding hydrogens is 1230 g/mol. The predicted molar refractivity (Wildman–Crippen MR) is 389 cm³/mol. The summed E-state index contributed by atoms with van der Waals surface area (Å²) < 4.78 is 20.3. The third kappa shape index (κ3) is 11.5. The summed E-state index contributed by atoms with van der Waals surface area (Å²) in [5.41, 5.74) is 11.3. The first-order chi connectivity index (χ1) is 44.9. The van der Waals surface area contributed by atoms with E-state index in [1.165, 1.54) is 82.8 Å². The van der Waals surface area contributed by atoms with E-state index in [4.69, 9.17) is 47.5 Å². The lowest BCUT2D eigenvalue weighted by Crippen LogP contribution is -2.41. The Morgan fingerprint density at radius 3 is 1.01 bits per heavy atom. The Morgan fingerprint density at radius 1 is 0.293 bits per heavy atom. The molecule has 11 aromatic carbocycles. The van der Waals surface area contributed by atoms with Gasteiger partial charge in [-0.05, 0) is 120 Å². The molecule has 17 rings (SSSR count). The van der Waals surface area contributed by atoms with Gasteiger partial charge in [-0.25, -0.2) is 15.0 Å². The molecule has 8 nitrogen and oxygen atoms in total. The van der Waals surface area contributed by atoms with E-state index in [1.54, 1.807) is 0 Å². The van der Waals surface area contributed by atoms with Crippen molar-refractivity contribution in [2.45, 2.75) is 38.9 Å². The molecule has 6 heterocycles. The first-order valence-corrected chi connectivity index (χ1v) is 33.4. The van der Waals surface area contributed by atoms with Gasteiger partial charge in [-0.1, -0.05) is 231 Å². The number of aromatic nitrogens is 6. The molecule has 0 saturated carbocycles. The largest absolute Gasteiger partial charge is 0.494 e. The van der Waals surface area contributed by atoms with Crippen LogP contribution in [0.1, 0.15) is 27.7 Å². The first kappa shape index (κ1) is 59.0. The van der Waals surface area contributed by atoms with Gasteiger partial charge in [0.25, 0.3) is 0 Å². The summed E-state index contributed by atoms with van der Waals surface area (Å²) in [5.74, 6) is 2.43. The molecule has 16 aromatic rings. The third-order valence-corrected chi connectivity index (χ3v) is 21.1. The maximum atomic E-state index is 6.26. The van der Waals surface area contributed by atoms with Crippen LogP contribution in [0.3, 0.4) is 0 Å². The van der Waals surface area contributed by atoms with Crippen molar-refractivity contribution in [2.24, 2.45) is 0 Å². The van der Waals surface area contributed by atoms with Gasteiger partial charge in [-0.2, -0.15) is 15.0 Å². The molecule has 14 heteroatoms. The van der Waals surface area contributed by atoms with Crippen LogP contribution in [0, 0.1) is 0 Å². The zero-order valence-corrected chi connectivity index (χ0v) is 54.3. The molecule has 0 radical (unpaired) electrons. The Morgan fingerprint density at radius 2 is 0.598 bits per heavy atom. The molecule has 0 unspecified atom stereocenters. The van der Waals surface area contributed by atoms with Crippen molar-refractivity contribution in [3.8, 4) is 78.9 Å². The van der Waals surface area contributed by atoms with Crippen molar-refractivity contribution in [1.82, 2.24) is 29.9 Å². The Balaban J connectivity index is 0.000000139. The molecule has 92 heavy (non-hydrogen) atoms. The Kier molecular flexibility index (Phi) is 15.8. The van der Waals surface area contributed by atoms with Gasteiger partial charge >= 0.3 is 7.12 Å². The zero-order chi connectivity index (χ0) is 62.5. The lowest BCUT2D eigenvalue weighted by atomic mass is 9.78. The molecule has 444 valence electrons. The molecule has 0 bridgehead atoms. The molecule has 0 amide bonds. The van der Waals surface area contributed by atoms with E-state index in [1.807, 2.05) is 82.5 Å². The minimum atomic E-state index is -0.341. The normalized spacial score (nSPS) is 13.4. The van der Waals surface area contributed by atoms with Crippen LogP contribution in [-0.2, 0) is 9.31 Å². The molecule has 1 aliphatic rings. The second-order valence-corrected chi connectivity index (χ2v) is 27.3. The standard InChI is InChI=1S/C45H27N3S2.C24H23BO2S.C9H5Cl2N3/c1-2-12-28(13-3-1)43-46-44(31-16-8-14-29(26-31)33-20-10-22-37-35-18-4-6-24-39(35)49-41(33)37)48-45(47-43)32-17-9-15-30(27-32)34-21-11-23-38-36-19-5-7-25-40(36)50-42(34)38;1-23(2)24(3,4)27-25(26-23)17-10-7-9-16(15-17)18-12-8-13-20-19-11-5-6-14-21(19)28-22(18)20;10-8-12-7(13-9(11)14-8)6-4-2-1-3-5-6/h1-27H;5-15H,1-4H3;1-5H. The highest BCUT2D eigenvalue weighted by molar-refractivity contribution is 7.27. The van der Waals surface area contributed by atoms with Crippen molar-refractivity contribution in [1.29, 1.82) is 0 Å². The van der Waals surface area contributed by atoms with Crippen LogP contribution in [-0.4, -0.2) is 48.2 Å². The fraction of sp³-hybridized carbons (Fsp3) is 0.0769. The molecule has 1 saturated heterocycles. The fourth-order valence-electron chi connectivity index (χ4n) is 11.8. The van der Waals surface area contributed by atoms with E-state index in [0.717, 1.165) is 38.8 Å². The number of nitrogens with zero attached hydrogens (tertiary/aromatic N) is 6. The highest BCUT2D eigenvalue weighted by Gasteiger charge is 2.51. The SMILES string of the molecule is CC1(C)OB(c2cccc(-c3cccc4c3sc3ccccc34)c2)OC1(C)C.Clc1nc(Cl)nc(-c2ccccc2)n1.c1ccc(-c2nc(-c3cccc(-c4cccc5c4sc4ccccc45)c3)nc(-c3cccc(-c4cccc5c4sc4ccccc45)c3)n2)cc1. The van der Waals surface area contributed by atoms with Crippen LogP contribution in [0.2, 0.25) is 10.6 Å². The molecule has 0 N–H and O–H groups in total. The summed E-state index contributed by atoms with van der Waals surface area (Å²) >= 11 is 16.9. The number of hydrogen-bond donors (Lipinski definition) is 0. The zero-order valence-electron chi connectivity index (χ0n) is 50.4. The summed E-state index contributed by atoms with van der Waals surface area (Å²) in [6, 6.07) is 91.1. The van der Waals surface area contributed by atoms with Crippen LogP contribution >= 0.6 is 57.2 Å². The van der Waals surface area contributed by atoms with E-state index in [-0.39, 0.29) is 28.9 Å². The van der Waals surface area contributed by atoms with Gasteiger partial charge in [-0.15, -0.1) is 34.0 Å². The summed E-state index contributed by atoms with van der Waals surface area (Å²) in [7, 11) is -0.341. The lowest BCUT2D eigenvalue weighted by Gasteiger charge is -2.32. The smallest absolute Gasteiger partial charge is 0.399 e. The second kappa shape index (κ2) is 24.7. The maximum absolute atomic E-state index is 6.26. The van der Waals surface area contributed by atoms with Crippen LogP contribution in [0.25, 0.3) is 139 Å². The molecule has 1 aliphatic heterocycles. The van der Waals surface area contributed by atoms with E-state index in [9.17, 15) is 0 Å². The molecule has 0 aliphatic carbocycles. The minimum absolute atomic E-state index is 0.101. The van der Waals surface area contributed by atoms with Gasteiger partial charge in [0.05, 0.1) is 11.2 Å². The van der Waals surface area contributed by atoms with Crippen molar-refractivity contribution in [2.75, 3.05) is 0 Å². The van der Waals surface area contributed by atoms with E-state index < -0.39 is 0 Å². The number of thiophene rings is 3. The molecule has 5 aromatic heterocycles. The summed E-state index contributed by atoms with van der Waals surface area (Å²) in [6.07, 6.45) is 0. The average Bonchev–Trinajstić information content (AvgIpc) is 1.62. The monoisotopic (exact) mass is 1280 g/mol. The highest BCUT2D eigenvalue weighted by Crippen LogP contribution is 2.44. The van der Waals surface area contributed by atoms with Crippen LogP contribution < -0.4 is 5.46 Å². The van der Waals surface area contributed by atoms with Gasteiger partial charge in [-0.3, -0.25) is 0 Å². The Labute approximate surface area is 554 Å². The van der Waals surface area contributed by atoms with E-state index in [2.05, 4.69) is 255 Å². The topological polar surface area (TPSA) is 95.8 Å². The van der Waals surface area contributed by atoms with Gasteiger partial charge in [0.2, 0.25) is 10.6 Å². The fourth-order valence-corrected chi connectivity index (χ4v) is 15.9. The second-order valence-electron chi connectivity index (χ2n) is 23.5. The summed E-state index contributed by atoms with van der Waals surface area (Å²) in [5, 5.41) is 8.01. The Hall–Kier alpha value is -9.34. The van der Waals surface area contributed by atoms with Gasteiger partial charge in [0.15, 0.2) is 23.3 Å². The van der Waals surface area contributed by atoms with Crippen molar-refractivity contribution < 1.29 is 9.31 Å². The van der Waals surface area contributed by atoms with Crippen LogP contribution in [0.5, 0.6) is 0 Å². The number of hydrogen-bond acceptors (Lipinski definition) is 11. The first-order valence-electron chi connectivity index (χ1n) is 30.2. The molecule has 0 spiro atoms. The molecule has 1 fully saturated rings. The van der Waals surface area contributed by atoms with Gasteiger partial charge in [0.1, 0.15) is 0 Å². The van der Waals surface area contributed by atoms with Crippen LogP contribution in [0.4, 0.5) is 0 Å².